The van der Waals surface area contributed by atoms with Crippen molar-refractivity contribution < 1.29 is 9.18 Å². The SMILES string of the molecule is CCNC(=O)Nc1cc(-c2[nH]c(/C(C)=C\C=N)nc2-c2ccc(F)c(C)c2)ccn1. The summed E-state index contributed by atoms with van der Waals surface area (Å²) in [6.07, 6.45) is 4.42. The number of aryl methyl sites for hydroxylation is 1. The van der Waals surface area contributed by atoms with Gasteiger partial charge in [0.15, 0.2) is 0 Å². The molecule has 0 aliphatic carbocycles. The van der Waals surface area contributed by atoms with Gasteiger partial charge in [-0.05, 0) is 68.3 Å². The van der Waals surface area contributed by atoms with Crippen molar-refractivity contribution in [2.75, 3.05) is 11.9 Å². The van der Waals surface area contributed by atoms with E-state index in [-0.39, 0.29) is 11.8 Å². The highest BCUT2D eigenvalue weighted by Gasteiger charge is 2.17. The lowest BCUT2D eigenvalue weighted by molar-refractivity contribution is 0.252. The smallest absolute Gasteiger partial charge is 0.320 e. The largest absolute Gasteiger partial charge is 0.338 e. The fraction of sp³-hybridized carbons (Fsp3) is 0.182. The Morgan fingerprint density at radius 2 is 2.07 bits per heavy atom. The molecule has 0 aliphatic rings. The van der Waals surface area contributed by atoms with Gasteiger partial charge >= 0.3 is 6.03 Å². The van der Waals surface area contributed by atoms with E-state index in [1.165, 1.54) is 12.3 Å². The van der Waals surface area contributed by atoms with E-state index in [4.69, 9.17) is 10.4 Å². The number of carbonyl (C=O) groups excluding carboxylic acids is 1. The van der Waals surface area contributed by atoms with Crippen LogP contribution in [0, 0.1) is 18.2 Å². The third-order valence-corrected chi connectivity index (χ3v) is 4.47. The molecule has 4 N–H and O–H groups in total. The van der Waals surface area contributed by atoms with Crippen LogP contribution in [0.1, 0.15) is 25.2 Å². The van der Waals surface area contributed by atoms with Gasteiger partial charge in [-0.25, -0.2) is 19.2 Å². The molecule has 154 valence electrons. The van der Waals surface area contributed by atoms with Crippen LogP contribution < -0.4 is 10.6 Å². The molecular formula is C22H23FN6O. The highest BCUT2D eigenvalue weighted by atomic mass is 19.1. The van der Waals surface area contributed by atoms with Crippen LogP contribution in [-0.4, -0.2) is 33.7 Å². The number of aromatic amines is 1. The number of allylic oxidation sites excluding steroid dienone is 2. The number of H-pyrrole nitrogens is 1. The van der Waals surface area contributed by atoms with Crippen LogP contribution >= 0.6 is 0 Å². The first kappa shape index (κ1) is 20.9. The lowest BCUT2D eigenvalue weighted by Crippen LogP contribution is -2.28. The average Bonchev–Trinajstić information content (AvgIpc) is 3.16. The van der Waals surface area contributed by atoms with Gasteiger partial charge in [0, 0.05) is 30.1 Å². The van der Waals surface area contributed by atoms with Crippen LogP contribution in [0.5, 0.6) is 0 Å². The average molecular weight is 406 g/mol. The second kappa shape index (κ2) is 9.13. The van der Waals surface area contributed by atoms with Crippen molar-refractivity contribution in [3.05, 3.63) is 59.8 Å². The quantitative estimate of drug-likeness (QED) is 0.443. The van der Waals surface area contributed by atoms with Crippen molar-refractivity contribution in [1.29, 1.82) is 5.41 Å². The van der Waals surface area contributed by atoms with Gasteiger partial charge in [-0.2, -0.15) is 0 Å². The van der Waals surface area contributed by atoms with Crippen molar-refractivity contribution in [1.82, 2.24) is 20.3 Å². The van der Waals surface area contributed by atoms with Crippen LogP contribution in [0.2, 0.25) is 0 Å². The Balaban J connectivity index is 2.11. The summed E-state index contributed by atoms with van der Waals surface area (Å²) < 4.78 is 13.8. The predicted molar refractivity (Wildman–Crippen MR) is 117 cm³/mol. The number of amides is 2. The van der Waals surface area contributed by atoms with Gasteiger partial charge in [0.25, 0.3) is 0 Å². The molecule has 2 amide bonds. The fourth-order valence-corrected chi connectivity index (χ4v) is 2.95. The predicted octanol–water partition coefficient (Wildman–Crippen LogP) is 4.78. The molecule has 0 fully saturated rings. The molecule has 8 heteroatoms. The van der Waals surface area contributed by atoms with Gasteiger partial charge in [-0.15, -0.1) is 0 Å². The van der Waals surface area contributed by atoms with Crippen molar-refractivity contribution in [3.63, 3.8) is 0 Å². The zero-order valence-electron chi connectivity index (χ0n) is 17.0. The summed E-state index contributed by atoms with van der Waals surface area (Å²) >= 11 is 0. The molecule has 0 saturated carbocycles. The third-order valence-electron chi connectivity index (χ3n) is 4.47. The molecule has 2 heterocycles. The minimum Gasteiger partial charge on any atom is -0.338 e. The standard InChI is InChI=1S/C22H23FN6O/c1-4-25-22(30)27-18-12-16(8-10-26-18)20-19(15-5-6-17(23)14(3)11-15)28-21(29-20)13(2)7-9-24/h5-12,24H,4H2,1-3H3,(H,28,29)(H2,25,26,27,30)/b13-7-,24-9?. The number of nitrogens with zero attached hydrogens (tertiary/aromatic N) is 2. The number of anilines is 1. The van der Waals surface area contributed by atoms with Crippen molar-refractivity contribution in [2.24, 2.45) is 0 Å². The summed E-state index contributed by atoms with van der Waals surface area (Å²) in [5, 5.41) is 12.7. The molecule has 2 aromatic heterocycles. The molecule has 1 aromatic carbocycles. The summed E-state index contributed by atoms with van der Waals surface area (Å²) in [6, 6.07) is 8.03. The maximum Gasteiger partial charge on any atom is 0.320 e. The molecule has 0 bridgehead atoms. The number of hydrogen-bond donors (Lipinski definition) is 4. The third kappa shape index (κ3) is 4.60. The number of carbonyl (C=O) groups is 1. The molecule has 3 rings (SSSR count). The summed E-state index contributed by atoms with van der Waals surface area (Å²) in [5.41, 5.74) is 4.16. The number of urea groups is 1. The van der Waals surface area contributed by atoms with Gasteiger partial charge in [-0.1, -0.05) is 0 Å². The minimum atomic E-state index is -0.341. The second-order valence-electron chi connectivity index (χ2n) is 6.70. The topological polar surface area (TPSA) is 107 Å². The Morgan fingerprint density at radius 1 is 1.27 bits per heavy atom. The molecular weight excluding hydrogens is 383 g/mol. The number of hydrogen-bond acceptors (Lipinski definition) is 4. The molecule has 0 aliphatic heterocycles. The van der Waals surface area contributed by atoms with Gasteiger partial charge < -0.3 is 15.7 Å². The Hall–Kier alpha value is -3.81. The van der Waals surface area contributed by atoms with Crippen LogP contribution in [0.4, 0.5) is 15.0 Å². The summed E-state index contributed by atoms with van der Waals surface area (Å²) in [6.45, 7) is 5.88. The van der Waals surface area contributed by atoms with E-state index in [0.29, 0.717) is 35.1 Å². The summed E-state index contributed by atoms with van der Waals surface area (Å²) in [5.74, 6) is 0.705. The van der Waals surface area contributed by atoms with Crippen LogP contribution in [0.25, 0.3) is 28.1 Å². The lowest BCUT2D eigenvalue weighted by atomic mass is 10.0. The number of benzene rings is 1. The van der Waals surface area contributed by atoms with E-state index in [0.717, 1.165) is 16.7 Å². The highest BCUT2D eigenvalue weighted by molar-refractivity contribution is 5.90. The van der Waals surface area contributed by atoms with E-state index in [9.17, 15) is 9.18 Å². The molecule has 30 heavy (non-hydrogen) atoms. The molecule has 7 nitrogen and oxygen atoms in total. The monoisotopic (exact) mass is 406 g/mol. The first-order valence-electron chi connectivity index (χ1n) is 9.48. The Bertz CT molecular complexity index is 1120. The van der Waals surface area contributed by atoms with E-state index < -0.39 is 0 Å². The molecule has 0 radical (unpaired) electrons. The number of halogens is 1. The van der Waals surface area contributed by atoms with Gasteiger partial charge in [0.05, 0.1) is 11.4 Å². The summed E-state index contributed by atoms with van der Waals surface area (Å²) in [7, 11) is 0. The molecule has 0 saturated heterocycles. The Kier molecular flexibility index (Phi) is 6.36. The first-order chi connectivity index (χ1) is 14.4. The number of rotatable bonds is 6. The number of pyridine rings is 1. The number of aromatic nitrogens is 3. The fourth-order valence-electron chi connectivity index (χ4n) is 2.95. The van der Waals surface area contributed by atoms with E-state index in [1.54, 1.807) is 43.5 Å². The molecule has 0 spiro atoms. The van der Waals surface area contributed by atoms with Crippen molar-refractivity contribution in [2.45, 2.75) is 20.8 Å². The Morgan fingerprint density at radius 3 is 2.77 bits per heavy atom. The first-order valence-corrected chi connectivity index (χ1v) is 9.48. The minimum absolute atomic E-state index is 0.284. The molecule has 0 atom stereocenters. The second-order valence-corrected chi connectivity index (χ2v) is 6.70. The molecule has 0 unspecified atom stereocenters. The van der Waals surface area contributed by atoms with E-state index in [1.807, 2.05) is 13.8 Å². The lowest BCUT2D eigenvalue weighted by Gasteiger charge is -2.08. The highest BCUT2D eigenvalue weighted by Crippen LogP contribution is 2.33. The normalized spacial score (nSPS) is 11.3. The van der Waals surface area contributed by atoms with E-state index >= 15 is 0 Å². The van der Waals surface area contributed by atoms with Crippen LogP contribution in [0.3, 0.4) is 0 Å². The Labute approximate surface area is 174 Å². The number of nitrogens with one attached hydrogen (secondary N) is 4. The van der Waals surface area contributed by atoms with Gasteiger partial charge in [0.1, 0.15) is 17.5 Å². The van der Waals surface area contributed by atoms with Crippen LogP contribution in [0.15, 0.2) is 42.6 Å². The zero-order valence-corrected chi connectivity index (χ0v) is 17.0. The molecule has 3 aromatic rings. The van der Waals surface area contributed by atoms with Gasteiger partial charge in [0.2, 0.25) is 0 Å². The maximum atomic E-state index is 13.8. The van der Waals surface area contributed by atoms with Gasteiger partial charge in [-0.3, -0.25) is 5.32 Å². The van der Waals surface area contributed by atoms with Crippen molar-refractivity contribution >= 4 is 23.6 Å². The maximum absolute atomic E-state index is 13.8. The summed E-state index contributed by atoms with van der Waals surface area (Å²) in [4.78, 5) is 24.0. The van der Waals surface area contributed by atoms with Crippen molar-refractivity contribution in [3.8, 4) is 22.5 Å². The number of imidazole rings is 1. The van der Waals surface area contributed by atoms with Crippen LogP contribution in [-0.2, 0) is 0 Å². The zero-order chi connectivity index (χ0) is 21.7. The van der Waals surface area contributed by atoms with E-state index in [2.05, 4.69) is 20.6 Å².